The van der Waals surface area contributed by atoms with Crippen LogP contribution in [0.4, 0.5) is 0 Å². The molecule has 0 aliphatic heterocycles. The monoisotopic (exact) mass is 798 g/mol. The number of hydrogen-bond donors (Lipinski definition) is 0. The molecule has 0 radical (unpaired) electrons. The lowest BCUT2D eigenvalue weighted by atomic mass is 9.92. The molecule has 0 N–H and O–H groups in total. The van der Waals surface area contributed by atoms with Gasteiger partial charge in [-0.25, -0.2) is 15.0 Å². The van der Waals surface area contributed by atoms with E-state index in [1.54, 1.807) is 4.57 Å². The minimum Gasteiger partial charge on any atom is -0.455 e. The molecule has 3 aromatic heterocycles. The van der Waals surface area contributed by atoms with Gasteiger partial charge in [-0.05, 0) is 82.4 Å². The largest absolute Gasteiger partial charge is 0.455 e. The molecular weight excluding hydrogens is 757 g/mol. The van der Waals surface area contributed by atoms with Gasteiger partial charge in [0.25, 0.3) is 0 Å². The highest BCUT2D eigenvalue weighted by molar-refractivity contribution is 6.13. The summed E-state index contributed by atoms with van der Waals surface area (Å²) < 4.78 is 62.7. The van der Waals surface area contributed by atoms with E-state index in [-0.39, 0.29) is 58.1 Å². The Bertz CT molecular complexity index is 3790. The van der Waals surface area contributed by atoms with Crippen molar-refractivity contribution in [2.45, 2.75) is 0 Å². The molecule has 0 amide bonds. The van der Waals surface area contributed by atoms with Gasteiger partial charge in [0.15, 0.2) is 17.5 Å². The summed E-state index contributed by atoms with van der Waals surface area (Å²) in [4.78, 5) is 14.9. The molecule has 12 aromatic rings. The fourth-order valence-electron chi connectivity index (χ4n) is 8.43. The Kier molecular flexibility index (Phi) is 7.05. The van der Waals surface area contributed by atoms with Crippen LogP contribution >= 0.6 is 0 Å². The Morgan fingerprint density at radius 3 is 1.39 bits per heavy atom. The van der Waals surface area contributed by atoms with Crippen LogP contribution in [0, 0.1) is 0 Å². The summed E-state index contributed by atoms with van der Waals surface area (Å²) >= 11 is 0. The minimum atomic E-state index is -0.174. The lowest BCUT2D eigenvalue weighted by Gasteiger charge is -2.14. The van der Waals surface area contributed by atoms with Gasteiger partial charge in [-0.1, -0.05) is 164 Å². The van der Waals surface area contributed by atoms with Crippen molar-refractivity contribution in [1.82, 2.24) is 19.5 Å². The predicted octanol–water partition coefficient (Wildman–Crippen LogP) is 14.9. The number of benzene rings is 9. The molecule has 0 atom stereocenters. The number of rotatable bonds is 7. The normalized spacial score (nSPS) is 12.9. The molecule has 0 saturated carbocycles. The van der Waals surface area contributed by atoms with E-state index >= 15 is 0 Å². The molecule has 0 saturated heterocycles. The van der Waals surface area contributed by atoms with Gasteiger partial charge in [0.2, 0.25) is 0 Å². The first kappa shape index (κ1) is 29.7. The molecule has 0 unspecified atom stereocenters. The summed E-state index contributed by atoms with van der Waals surface area (Å²) in [5.41, 5.74) is 10.3. The van der Waals surface area contributed by atoms with E-state index in [2.05, 4.69) is 42.5 Å². The Morgan fingerprint density at radius 1 is 0.371 bits per heavy atom. The van der Waals surface area contributed by atoms with E-state index in [9.17, 15) is 2.74 Å². The summed E-state index contributed by atoms with van der Waals surface area (Å²) in [7, 11) is 0. The Morgan fingerprint density at radius 2 is 0.855 bits per heavy atom. The van der Waals surface area contributed by atoms with Gasteiger partial charge in [0, 0.05) is 49.5 Å². The Balaban J connectivity index is 1.16. The summed E-state index contributed by atoms with van der Waals surface area (Å²) in [6.07, 6.45) is 0. The first-order chi connectivity index (χ1) is 33.2. The standard InChI is InChI=1S/C57H36N4O/c1-5-17-37(18-6-1)42-31-43(38-19-7-2-8-20-38)33-44(32-42)49-35-45(61-51-27-15-13-25-46(51)47-26-14-16-28-52(47)61)36-50-48-30-29-41(34-53(48)62-54(49)50)57-59-55(39-21-9-3-10-22-39)58-56(60-57)40-23-11-4-12-24-40/h1-36H/i13D,14D,25D,26D,27D,28D. The maximum absolute atomic E-state index is 9.26. The molecule has 12 rings (SSSR count). The second-order valence-electron chi connectivity index (χ2n) is 15.2. The van der Waals surface area contributed by atoms with Gasteiger partial charge in [-0.15, -0.1) is 0 Å². The van der Waals surface area contributed by atoms with Gasteiger partial charge in [0.05, 0.1) is 19.3 Å². The number of para-hydroxylation sites is 2. The summed E-state index contributed by atoms with van der Waals surface area (Å²) in [6, 6.07) is 58.2. The van der Waals surface area contributed by atoms with Crippen molar-refractivity contribution in [1.29, 1.82) is 0 Å². The third-order valence-corrected chi connectivity index (χ3v) is 11.4. The molecule has 0 bridgehead atoms. The second-order valence-corrected chi connectivity index (χ2v) is 15.2. The van der Waals surface area contributed by atoms with E-state index in [4.69, 9.17) is 24.9 Å². The van der Waals surface area contributed by atoms with Gasteiger partial charge in [-0.3, -0.25) is 0 Å². The zero-order valence-electron chi connectivity index (χ0n) is 39.0. The van der Waals surface area contributed by atoms with Gasteiger partial charge in [-0.2, -0.15) is 0 Å². The molecule has 0 aliphatic carbocycles. The van der Waals surface area contributed by atoms with Gasteiger partial charge >= 0.3 is 0 Å². The van der Waals surface area contributed by atoms with Gasteiger partial charge in [0.1, 0.15) is 11.2 Å². The summed E-state index contributed by atoms with van der Waals surface area (Å²) in [5.74, 6) is 1.54. The van der Waals surface area contributed by atoms with Crippen LogP contribution in [0.15, 0.2) is 223 Å². The van der Waals surface area contributed by atoms with E-state index in [1.807, 2.05) is 127 Å². The van der Waals surface area contributed by atoms with Crippen molar-refractivity contribution in [2.24, 2.45) is 0 Å². The quantitative estimate of drug-likeness (QED) is 0.161. The topological polar surface area (TPSA) is 56.7 Å². The Hall–Kier alpha value is -8.41. The van der Waals surface area contributed by atoms with Crippen LogP contribution in [-0.2, 0) is 0 Å². The molecule has 0 fully saturated rings. The molecule has 9 aromatic carbocycles. The maximum Gasteiger partial charge on any atom is 0.164 e. The maximum atomic E-state index is 9.26. The van der Waals surface area contributed by atoms with E-state index in [0.717, 1.165) is 60.8 Å². The van der Waals surface area contributed by atoms with Crippen LogP contribution in [0.25, 0.3) is 117 Å². The lowest BCUT2D eigenvalue weighted by molar-refractivity contribution is 0.670. The average molecular weight is 799 g/mol. The number of nitrogens with zero attached hydrogens (tertiary/aromatic N) is 4. The molecule has 3 heterocycles. The predicted molar refractivity (Wildman–Crippen MR) is 254 cm³/mol. The number of fused-ring (bicyclic) bond motifs is 6. The van der Waals surface area contributed by atoms with Crippen molar-refractivity contribution < 1.29 is 12.6 Å². The minimum absolute atomic E-state index is 0.0367. The fourth-order valence-corrected chi connectivity index (χ4v) is 8.43. The molecule has 0 spiro atoms. The molecule has 5 heteroatoms. The average Bonchev–Trinajstić information content (AvgIpc) is 3.95. The fraction of sp³-hybridized carbons (Fsp3) is 0. The van der Waals surface area contributed by atoms with Crippen LogP contribution < -0.4 is 0 Å². The second kappa shape index (κ2) is 14.7. The zero-order chi connectivity index (χ0) is 46.2. The molecular formula is C57H36N4O. The zero-order valence-corrected chi connectivity index (χ0v) is 33.0. The lowest BCUT2D eigenvalue weighted by Crippen LogP contribution is -2.00. The molecule has 0 aliphatic rings. The van der Waals surface area contributed by atoms with Crippen molar-refractivity contribution in [3.8, 4) is 73.2 Å². The van der Waals surface area contributed by atoms with Gasteiger partial charge < -0.3 is 8.98 Å². The highest BCUT2D eigenvalue weighted by atomic mass is 16.3. The highest BCUT2D eigenvalue weighted by Crippen LogP contribution is 2.43. The molecule has 290 valence electrons. The third-order valence-electron chi connectivity index (χ3n) is 11.4. The Labute approximate surface area is 366 Å². The third kappa shape index (κ3) is 6.14. The first-order valence-electron chi connectivity index (χ1n) is 23.3. The van der Waals surface area contributed by atoms with Crippen LogP contribution in [0.3, 0.4) is 0 Å². The molecule has 5 nitrogen and oxygen atoms in total. The van der Waals surface area contributed by atoms with E-state index in [1.165, 1.54) is 12.1 Å². The van der Waals surface area contributed by atoms with Crippen molar-refractivity contribution in [2.75, 3.05) is 0 Å². The van der Waals surface area contributed by atoms with Crippen molar-refractivity contribution in [3.05, 3.63) is 218 Å². The number of furan rings is 1. The summed E-state index contributed by atoms with van der Waals surface area (Å²) in [6.45, 7) is 0. The van der Waals surface area contributed by atoms with Crippen LogP contribution in [-0.4, -0.2) is 19.5 Å². The highest BCUT2D eigenvalue weighted by Gasteiger charge is 2.21. The van der Waals surface area contributed by atoms with E-state index in [0.29, 0.717) is 34.3 Å². The smallest absolute Gasteiger partial charge is 0.164 e. The van der Waals surface area contributed by atoms with Crippen LogP contribution in [0.2, 0.25) is 0 Å². The van der Waals surface area contributed by atoms with Crippen LogP contribution in [0.5, 0.6) is 0 Å². The first-order valence-corrected chi connectivity index (χ1v) is 20.3. The SMILES string of the molecule is [2H]c1cc([2H])c2c(c1[2H])c1c([2H])c([2H])cc([2H])c1n2-c1cc(-c2cc(-c3ccccc3)cc(-c3ccccc3)c2)c2oc3cc(-c4nc(-c5ccccc5)nc(-c5ccccc5)n4)ccc3c2c1. The van der Waals surface area contributed by atoms with Crippen molar-refractivity contribution in [3.63, 3.8) is 0 Å². The number of aromatic nitrogens is 4. The molecule has 62 heavy (non-hydrogen) atoms. The van der Waals surface area contributed by atoms with Crippen molar-refractivity contribution >= 4 is 43.7 Å². The summed E-state index contributed by atoms with van der Waals surface area (Å²) in [5, 5.41) is 1.91. The van der Waals surface area contributed by atoms with E-state index < -0.39 is 0 Å². The number of hydrogen-bond acceptors (Lipinski definition) is 4. The van der Waals surface area contributed by atoms with Crippen LogP contribution in [0.1, 0.15) is 8.22 Å².